The monoisotopic (exact) mass is 247 g/mol. The Labute approximate surface area is 101 Å². The molecule has 92 valence electrons. The highest BCUT2D eigenvalue weighted by atomic mass is 16.6. The average molecular weight is 247 g/mol. The predicted molar refractivity (Wildman–Crippen MR) is 57.7 cm³/mol. The van der Waals surface area contributed by atoms with Crippen molar-refractivity contribution in [2.75, 3.05) is 0 Å². The van der Waals surface area contributed by atoms with Gasteiger partial charge in [-0.2, -0.15) is 0 Å². The summed E-state index contributed by atoms with van der Waals surface area (Å²) in [6, 6.07) is 5.33. The standard InChI is InChI=1S/C11H8N2O5/c1-6-9(11(14)15)10(12-18-6)7-2-4-8(5-3-7)13(16)17/h2-5H,1H3,(H,14,15)/p-1. The van der Waals surface area contributed by atoms with Gasteiger partial charge in [0.15, 0.2) is 0 Å². The van der Waals surface area contributed by atoms with E-state index in [1.165, 1.54) is 31.2 Å². The Morgan fingerprint density at radius 3 is 2.44 bits per heavy atom. The van der Waals surface area contributed by atoms with Crippen molar-refractivity contribution in [2.24, 2.45) is 0 Å². The summed E-state index contributed by atoms with van der Waals surface area (Å²) in [5.41, 5.74) is 0.275. The molecule has 0 saturated heterocycles. The van der Waals surface area contributed by atoms with Gasteiger partial charge < -0.3 is 14.4 Å². The number of carboxylic acid groups (broad SMARTS) is 1. The number of hydrogen-bond acceptors (Lipinski definition) is 6. The Morgan fingerprint density at radius 2 is 1.94 bits per heavy atom. The van der Waals surface area contributed by atoms with Gasteiger partial charge in [-0.3, -0.25) is 10.1 Å². The number of nitro groups is 1. The minimum absolute atomic E-state index is 0.0889. The van der Waals surface area contributed by atoms with Gasteiger partial charge in [-0.15, -0.1) is 0 Å². The second-order valence-corrected chi connectivity index (χ2v) is 3.55. The van der Waals surface area contributed by atoms with Crippen LogP contribution < -0.4 is 5.11 Å². The number of carbonyl (C=O) groups is 1. The Balaban J connectivity index is 2.49. The first kappa shape index (κ1) is 11.8. The lowest BCUT2D eigenvalue weighted by molar-refractivity contribution is -0.384. The molecule has 1 heterocycles. The summed E-state index contributed by atoms with van der Waals surface area (Å²) < 4.78 is 4.78. The molecule has 0 unspecified atom stereocenters. The molecule has 1 aromatic heterocycles. The molecule has 7 nitrogen and oxygen atoms in total. The number of hydrogen-bond donors (Lipinski definition) is 0. The van der Waals surface area contributed by atoms with Gasteiger partial charge in [0.1, 0.15) is 11.5 Å². The number of carboxylic acids is 1. The molecule has 0 amide bonds. The van der Waals surface area contributed by atoms with Gasteiger partial charge in [0.25, 0.3) is 5.69 Å². The Kier molecular flexibility index (Phi) is 2.80. The maximum Gasteiger partial charge on any atom is 0.269 e. The normalized spacial score (nSPS) is 10.3. The summed E-state index contributed by atoms with van der Waals surface area (Å²) >= 11 is 0. The van der Waals surface area contributed by atoms with Crippen LogP contribution in [-0.2, 0) is 0 Å². The molecule has 2 rings (SSSR count). The summed E-state index contributed by atoms with van der Waals surface area (Å²) in [7, 11) is 0. The van der Waals surface area contributed by atoms with E-state index in [0.29, 0.717) is 5.56 Å². The van der Waals surface area contributed by atoms with E-state index in [2.05, 4.69) is 5.16 Å². The molecule has 1 aromatic carbocycles. The third kappa shape index (κ3) is 1.93. The first-order valence-electron chi connectivity index (χ1n) is 4.93. The van der Waals surface area contributed by atoms with Crippen molar-refractivity contribution in [3.63, 3.8) is 0 Å². The topological polar surface area (TPSA) is 109 Å². The molecule has 0 aliphatic rings. The van der Waals surface area contributed by atoms with Crippen molar-refractivity contribution in [1.82, 2.24) is 5.16 Å². The van der Waals surface area contributed by atoms with E-state index in [0.717, 1.165) is 0 Å². The van der Waals surface area contributed by atoms with Crippen molar-refractivity contribution in [2.45, 2.75) is 6.92 Å². The number of carbonyl (C=O) groups excluding carboxylic acids is 1. The molecule has 18 heavy (non-hydrogen) atoms. The van der Waals surface area contributed by atoms with Gasteiger partial charge in [0, 0.05) is 17.7 Å². The van der Waals surface area contributed by atoms with Crippen molar-refractivity contribution in [3.8, 4) is 11.3 Å². The number of nitro benzene ring substituents is 1. The van der Waals surface area contributed by atoms with Crippen LogP contribution >= 0.6 is 0 Å². The Morgan fingerprint density at radius 1 is 1.33 bits per heavy atom. The van der Waals surface area contributed by atoms with Gasteiger partial charge >= 0.3 is 0 Å². The first-order valence-corrected chi connectivity index (χ1v) is 4.93. The van der Waals surface area contributed by atoms with Crippen LogP contribution in [0.15, 0.2) is 28.8 Å². The van der Waals surface area contributed by atoms with Gasteiger partial charge in [0.2, 0.25) is 0 Å². The van der Waals surface area contributed by atoms with Crippen LogP contribution in [0.4, 0.5) is 5.69 Å². The highest BCUT2D eigenvalue weighted by molar-refractivity contribution is 5.94. The summed E-state index contributed by atoms with van der Waals surface area (Å²) in [5.74, 6) is -1.27. The highest BCUT2D eigenvalue weighted by Crippen LogP contribution is 2.26. The molecule has 0 spiro atoms. The van der Waals surface area contributed by atoms with Crippen LogP contribution in [0.3, 0.4) is 0 Å². The third-order valence-corrected chi connectivity index (χ3v) is 2.42. The maximum atomic E-state index is 10.9. The minimum Gasteiger partial charge on any atom is -0.545 e. The minimum atomic E-state index is -1.40. The molecular formula is C11H7N2O5-. The van der Waals surface area contributed by atoms with E-state index in [1.807, 2.05) is 0 Å². The SMILES string of the molecule is Cc1onc(-c2ccc([N+](=O)[O-])cc2)c1C(=O)[O-]. The van der Waals surface area contributed by atoms with Crippen molar-refractivity contribution < 1.29 is 19.3 Å². The van der Waals surface area contributed by atoms with Gasteiger partial charge in [-0.25, -0.2) is 0 Å². The van der Waals surface area contributed by atoms with Crippen LogP contribution in [-0.4, -0.2) is 16.0 Å². The molecule has 2 aromatic rings. The number of rotatable bonds is 3. The first-order chi connectivity index (χ1) is 8.50. The molecule has 0 saturated carbocycles. The lowest BCUT2D eigenvalue weighted by atomic mass is 10.1. The van der Waals surface area contributed by atoms with E-state index < -0.39 is 10.9 Å². The van der Waals surface area contributed by atoms with Crippen LogP contribution in [0.5, 0.6) is 0 Å². The highest BCUT2D eigenvalue weighted by Gasteiger charge is 2.16. The fraction of sp³-hybridized carbons (Fsp3) is 0.0909. The summed E-state index contributed by atoms with van der Waals surface area (Å²) in [6.07, 6.45) is 0. The molecule has 0 atom stereocenters. The largest absolute Gasteiger partial charge is 0.545 e. The van der Waals surface area contributed by atoms with E-state index in [4.69, 9.17) is 4.52 Å². The number of aromatic carboxylic acids is 1. The van der Waals surface area contributed by atoms with Crippen molar-refractivity contribution in [3.05, 3.63) is 45.7 Å². The average Bonchev–Trinajstić information content (AvgIpc) is 2.71. The van der Waals surface area contributed by atoms with Gasteiger partial charge in [0.05, 0.1) is 16.5 Å². The zero-order valence-electron chi connectivity index (χ0n) is 9.25. The van der Waals surface area contributed by atoms with E-state index in [1.54, 1.807) is 0 Å². The van der Waals surface area contributed by atoms with Crippen LogP contribution in [0.1, 0.15) is 16.1 Å². The molecule has 0 N–H and O–H groups in total. The molecule has 0 aliphatic heterocycles. The summed E-state index contributed by atoms with van der Waals surface area (Å²) in [4.78, 5) is 20.9. The fourth-order valence-corrected chi connectivity index (χ4v) is 1.55. The van der Waals surface area contributed by atoms with Gasteiger partial charge in [-0.1, -0.05) is 5.16 Å². The fourth-order valence-electron chi connectivity index (χ4n) is 1.55. The van der Waals surface area contributed by atoms with Crippen LogP contribution in [0.2, 0.25) is 0 Å². The smallest absolute Gasteiger partial charge is 0.269 e. The van der Waals surface area contributed by atoms with Crippen molar-refractivity contribution >= 4 is 11.7 Å². The van der Waals surface area contributed by atoms with Crippen LogP contribution in [0.25, 0.3) is 11.3 Å². The molecule has 0 fully saturated rings. The number of benzene rings is 1. The molecule has 7 heteroatoms. The number of nitrogens with zero attached hydrogens (tertiary/aromatic N) is 2. The lowest BCUT2D eigenvalue weighted by Crippen LogP contribution is -2.23. The number of aryl methyl sites for hydroxylation is 1. The predicted octanol–water partition coefficient (Wildman–Crippen LogP) is 0.922. The van der Waals surface area contributed by atoms with E-state index in [9.17, 15) is 20.0 Å². The lowest BCUT2D eigenvalue weighted by Gasteiger charge is -2.02. The maximum absolute atomic E-state index is 10.9. The Bertz CT molecular complexity index is 615. The third-order valence-electron chi connectivity index (χ3n) is 2.42. The molecule has 0 radical (unpaired) electrons. The summed E-state index contributed by atoms with van der Waals surface area (Å²) in [5, 5.41) is 25.0. The van der Waals surface area contributed by atoms with Crippen LogP contribution in [0, 0.1) is 17.0 Å². The molecular weight excluding hydrogens is 240 g/mol. The van der Waals surface area contributed by atoms with Crippen molar-refractivity contribution in [1.29, 1.82) is 0 Å². The van der Waals surface area contributed by atoms with E-state index >= 15 is 0 Å². The number of non-ortho nitro benzene ring substituents is 1. The molecule has 0 bridgehead atoms. The zero-order chi connectivity index (χ0) is 13.3. The second kappa shape index (κ2) is 4.28. The molecule has 0 aliphatic carbocycles. The number of aromatic nitrogens is 1. The Hall–Kier alpha value is -2.70. The summed E-state index contributed by atoms with van der Waals surface area (Å²) in [6.45, 7) is 1.45. The van der Waals surface area contributed by atoms with E-state index in [-0.39, 0.29) is 22.7 Å². The quantitative estimate of drug-likeness (QED) is 0.589. The van der Waals surface area contributed by atoms with Gasteiger partial charge in [-0.05, 0) is 19.1 Å². The zero-order valence-corrected chi connectivity index (χ0v) is 9.25. The second-order valence-electron chi connectivity index (χ2n) is 3.55.